The summed E-state index contributed by atoms with van der Waals surface area (Å²) in [4.78, 5) is 0. The van der Waals surface area contributed by atoms with Gasteiger partial charge in [-0.2, -0.15) is 12.6 Å². The van der Waals surface area contributed by atoms with Crippen molar-refractivity contribution in [1.29, 1.82) is 0 Å². The van der Waals surface area contributed by atoms with E-state index in [1.807, 2.05) is 25.1 Å². The zero-order valence-corrected chi connectivity index (χ0v) is 11.2. The van der Waals surface area contributed by atoms with Gasteiger partial charge in [-0.15, -0.1) is 0 Å². The Balaban J connectivity index is 2.01. The van der Waals surface area contributed by atoms with Gasteiger partial charge in [0.15, 0.2) is 0 Å². The van der Waals surface area contributed by atoms with Crippen molar-refractivity contribution in [3.63, 3.8) is 0 Å². The van der Waals surface area contributed by atoms with Crippen molar-refractivity contribution in [3.8, 4) is 5.75 Å². The van der Waals surface area contributed by atoms with Gasteiger partial charge in [0, 0.05) is 10.4 Å². The smallest absolute Gasteiger partial charge is 0.123 e. The van der Waals surface area contributed by atoms with Crippen LogP contribution < -0.4 is 4.74 Å². The summed E-state index contributed by atoms with van der Waals surface area (Å²) in [5.74, 6) is 1.81. The van der Waals surface area contributed by atoms with Gasteiger partial charge in [0.2, 0.25) is 0 Å². The Morgan fingerprint density at radius 1 is 1.44 bits per heavy atom. The summed E-state index contributed by atoms with van der Waals surface area (Å²) < 4.78 is 5.88. The standard InChI is InChI=1S/C13H17ClOS/c1-10-3-4-11(14)7-12(10)15-8-13(9-16)5-2-6-13/h3-4,7,16H,2,5-6,8-9H2,1H3. The van der Waals surface area contributed by atoms with E-state index in [4.69, 9.17) is 16.3 Å². The molecule has 0 heterocycles. The van der Waals surface area contributed by atoms with Crippen LogP contribution in [0.1, 0.15) is 24.8 Å². The van der Waals surface area contributed by atoms with Crippen LogP contribution in [0.15, 0.2) is 18.2 Å². The number of hydrogen-bond donors (Lipinski definition) is 1. The highest BCUT2D eigenvalue weighted by Gasteiger charge is 2.36. The van der Waals surface area contributed by atoms with Crippen LogP contribution in [0.3, 0.4) is 0 Å². The molecule has 0 aliphatic heterocycles. The van der Waals surface area contributed by atoms with E-state index in [-0.39, 0.29) is 0 Å². The average Bonchev–Trinajstić information content (AvgIpc) is 2.22. The van der Waals surface area contributed by atoms with Crippen LogP contribution in [0.2, 0.25) is 5.02 Å². The third-order valence-electron chi connectivity index (χ3n) is 3.43. The van der Waals surface area contributed by atoms with Gasteiger partial charge in [0.05, 0.1) is 6.61 Å². The molecule has 16 heavy (non-hydrogen) atoms. The fourth-order valence-electron chi connectivity index (χ4n) is 1.99. The van der Waals surface area contributed by atoms with E-state index in [9.17, 15) is 0 Å². The summed E-state index contributed by atoms with van der Waals surface area (Å²) >= 11 is 10.4. The van der Waals surface area contributed by atoms with Crippen molar-refractivity contribution < 1.29 is 4.74 Å². The Labute approximate surface area is 108 Å². The van der Waals surface area contributed by atoms with Gasteiger partial charge in [-0.25, -0.2) is 0 Å². The normalized spacial score (nSPS) is 17.9. The molecule has 1 aromatic carbocycles. The lowest BCUT2D eigenvalue weighted by molar-refractivity contribution is 0.0825. The van der Waals surface area contributed by atoms with Gasteiger partial charge >= 0.3 is 0 Å². The maximum Gasteiger partial charge on any atom is 0.123 e. The molecule has 1 aromatic rings. The lowest BCUT2D eigenvalue weighted by Crippen LogP contribution is -2.37. The number of rotatable bonds is 4. The van der Waals surface area contributed by atoms with Gasteiger partial charge in [-0.3, -0.25) is 0 Å². The predicted octanol–water partition coefficient (Wildman–Crippen LogP) is 4.13. The highest BCUT2D eigenvalue weighted by atomic mass is 35.5. The molecule has 0 saturated heterocycles. The molecule has 0 N–H and O–H groups in total. The van der Waals surface area contributed by atoms with Gasteiger partial charge in [-0.05, 0) is 43.2 Å². The predicted molar refractivity (Wildman–Crippen MR) is 71.8 cm³/mol. The van der Waals surface area contributed by atoms with Crippen LogP contribution in [0.25, 0.3) is 0 Å². The Morgan fingerprint density at radius 2 is 2.19 bits per heavy atom. The second kappa shape index (κ2) is 4.89. The minimum Gasteiger partial charge on any atom is -0.493 e. The first-order valence-electron chi connectivity index (χ1n) is 5.65. The van der Waals surface area contributed by atoms with E-state index in [0.29, 0.717) is 5.41 Å². The van der Waals surface area contributed by atoms with Crippen LogP contribution in [0, 0.1) is 12.3 Å². The fraction of sp³-hybridized carbons (Fsp3) is 0.538. The summed E-state index contributed by atoms with van der Waals surface area (Å²) in [6, 6.07) is 5.77. The lowest BCUT2D eigenvalue weighted by Gasteiger charge is -2.40. The van der Waals surface area contributed by atoms with Crippen molar-refractivity contribution in [2.75, 3.05) is 12.4 Å². The highest BCUT2D eigenvalue weighted by Crippen LogP contribution is 2.42. The molecule has 0 atom stereocenters. The number of benzene rings is 1. The van der Waals surface area contributed by atoms with E-state index < -0.39 is 0 Å². The van der Waals surface area contributed by atoms with E-state index in [1.165, 1.54) is 19.3 Å². The molecule has 1 nitrogen and oxygen atoms in total. The first kappa shape index (κ1) is 12.1. The Kier molecular flexibility index (Phi) is 3.70. The molecule has 1 saturated carbocycles. The Morgan fingerprint density at radius 3 is 2.75 bits per heavy atom. The number of aryl methyl sites for hydroxylation is 1. The first-order chi connectivity index (χ1) is 7.65. The minimum absolute atomic E-state index is 0.303. The minimum atomic E-state index is 0.303. The third kappa shape index (κ3) is 2.49. The van der Waals surface area contributed by atoms with Gasteiger partial charge in [0.1, 0.15) is 5.75 Å². The van der Waals surface area contributed by atoms with E-state index in [0.717, 1.165) is 28.7 Å². The second-order valence-corrected chi connectivity index (χ2v) is 5.46. The maximum atomic E-state index is 5.95. The van der Waals surface area contributed by atoms with Crippen molar-refractivity contribution >= 4 is 24.2 Å². The molecule has 0 amide bonds. The van der Waals surface area contributed by atoms with Crippen molar-refractivity contribution in [3.05, 3.63) is 28.8 Å². The number of hydrogen-bond acceptors (Lipinski definition) is 2. The van der Waals surface area contributed by atoms with Crippen LogP contribution >= 0.6 is 24.2 Å². The summed E-state index contributed by atoms with van der Waals surface area (Å²) in [6.07, 6.45) is 3.77. The van der Waals surface area contributed by atoms with Gasteiger partial charge in [0.25, 0.3) is 0 Å². The largest absolute Gasteiger partial charge is 0.493 e. The summed E-state index contributed by atoms with van der Waals surface area (Å²) in [5.41, 5.74) is 1.44. The molecule has 2 rings (SSSR count). The average molecular weight is 257 g/mol. The van der Waals surface area contributed by atoms with Crippen molar-refractivity contribution in [2.45, 2.75) is 26.2 Å². The molecule has 0 unspecified atom stereocenters. The van der Waals surface area contributed by atoms with Crippen LogP contribution in [-0.2, 0) is 0 Å². The summed E-state index contributed by atoms with van der Waals surface area (Å²) in [7, 11) is 0. The fourth-order valence-corrected chi connectivity index (χ4v) is 2.55. The lowest BCUT2D eigenvalue weighted by atomic mass is 9.71. The van der Waals surface area contributed by atoms with Crippen LogP contribution in [0.5, 0.6) is 5.75 Å². The van der Waals surface area contributed by atoms with E-state index in [2.05, 4.69) is 12.6 Å². The van der Waals surface area contributed by atoms with Crippen molar-refractivity contribution in [1.82, 2.24) is 0 Å². The molecule has 1 aliphatic carbocycles. The molecule has 0 aromatic heterocycles. The molecule has 1 aliphatic rings. The summed E-state index contributed by atoms with van der Waals surface area (Å²) in [6.45, 7) is 2.80. The van der Waals surface area contributed by atoms with Crippen molar-refractivity contribution in [2.24, 2.45) is 5.41 Å². The Bertz CT molecular complexity index is 369. The molecule has 0 spiro atoms. The van der Waals surface area contributed by atoms with Gasteiger partial charge < -0.3 is 4.74 Å². The first-order valence-corrected chi connectivity index (χ1v) is 6.66. The van der Waals surface area contributed by atoms with Gasteiger partial charge in [-0.1, -0.05) is 24.1 Å². The molecule has 3 heteroatoms. The quantitative estimate of drug-likeness (QED) is 0.797. The zero-order valence-electron chi connectivity index (χ0n) is 9.50. The monoisotopic (exact) mass is 256 g/mol. The topological polar surface area (TPSA) is 9.23 Å². The SMILES string of the molecule is Cc1ccc(Cl)cc1OCC1(CS)CCC1. The van der Waals surface area contributed by atoms with Crippen LogP contribution in [-0.4, -0.2) is 12.4 Å². The molecular weight excluding hydrogens is 240 g/mol. The molecule has 1 fully saturated rings. The zero-order chi connectivity index (χ0) is 11.6. The summed E-state index contributed by atoms with van der Waals surface area (Å²) in [5, 5.41) is 0.731. The van der Waals surface area contributed by atoms with E-state index in [1.54, 1.807) is 0 Å². The highest BCUT2D eigenvalue weighted by molar-refractivity contribution is 7.80. The molecule has 0 radical (unpaired) electrons. The maximum absolute atomic E-state index is 5.95. The third-order valence-corrected chi connectivity index (χ3v) is 4.34. The van der Waals surface area contributed by atoms with E-state index >= 15 is 0 Å². The second-order valence-electron chi connectivity index (χ2n) is 4.71. The number of halogens is 1. The van der Waals surface area contributed by atoms with Crippen LogP contribution in [0.4, 0.5) is 0 Å². The molecule has 88 valence electrons. The number of ether oxygens (including phenoxy) is 1. The molecular formula is C13H17ClOS. The Hall–Kier alpha value is -0.340. The molecule has 0 bridgehead atoms. The number of thiol groups is 1.